The van der Waals surface area contributed by atoms with Crippen LogP contribution in [0.4, 0.5) is 0 Å². The fraction of sp³-hybridized carbons (Fsp3) is 0.364. The van der Waals surface area contributed by atoms with Crippen LogP contribution in [-0.2, 0) is 14.3 Å². The van der Waals surface area contributed by atoms with Crippen molar-refractivity contribution in [2.45, 2.75) is 13.0 Å². The van der Waals surface area contributed by atoms with Gasteiger partial charge in [0.1, 0.15) is 18.8 Å². The molecular formula is C22H25N2O4S+. The molecule has 0 bridgehead atoms. The number of benzene rings is 1. The van der Waals surface area contributed by atoms with Crippen LogP contribution in [0, 0.1) is 6.92 Å². The molecule has 1 amide bonds. The summed E-state index contributed by atoms with van der Waals surface area (Å²) in [4.78, 5) is 29.7. The number of likely N-dealkylation sites (tertiary alicyclic amines) is 1. The maximum absolute atomic E-state index is 12.9. The lowest BCUT2D eigenvalue weighted by Gasteiger charge is -2.28. The highest BCUT2D eigenvalue weighted by Crippen LogP contribution is 2.40. The summed E-state index contributed by atoms with van der Waals surface area (Å²) >= 11 is 1.49. The third-order valence-electron chi connectivity index (χ3n) is 5.58. The van der Waals surface area contributed by atoms with E-state index < -0.39 is 17.7 Å². The lowest BCUT2D eigenvalue weighted by Crippen LogP contribution is -3.14. The zero-order valence-electron chi connectivity index (χ0n) is 16.4. The molecule has 0 unspecified atom stereocenters. The molecule has 1 aromatic carbocycles. The van der Waals surface area contributed by atoms with E-state index in [2.05, 4.69) is 0 Å². The Kier molecular flexibility index (Phi) is 5.80. The van der Waals surface area contributed by atoms with Crippen molar-refractivity contribution >= 4 is 28.8 Å². The number of ether oxygens (including phenoxy) is 1. The zero-order chi connectivity index (χ0) is 20.4. The molecule has 2 aromatic rings. The highest BCUT2D eigenvalue weighted by Gasteiger charge is 2.46. The smallest absolute Gasteiger partial charge is 0.295 e. The number of aryl methyl sites for hydroxylation is 1. The molecule has 0 radical (unpaired) electrons. The van der Waals surface area contributed by atoms with E-state index in [-0.39, 0.29) is 11.3 Å². The van der Waals surface area contributed by atoms with Crippen LogP contribution in [0.15, 0.2) is 47.4 Å². The van der Waals surface area contributed by atoms with Crippen molar-refractivity contribution in [2.75, 3.05) is 39.4 Å². The minimum absolute atomic E-state index is 0.108. The molecule has 2 aliphatic heterocycles. The Morgan fingerprint density at radius 1 is 1.21 bits per heavy atom. The predicted octanol–water partition coefficient (Wildman–Crippen LogP) is 1.39. The summed E-state index contributed by atoms with van der Waals surface area (Å²) in [5.41, 5.74) is 1.79. The van der Waals surface area contributed by atoms with E-state index >= 15 is 0 Å². The Bertz CT molecular complexity index is 915. The van der Waals surface area contributed by atoms with Crippen molar-refractivity contribution in [3.63, 3.8) is 0 Å². The molecule has 2 fully saturated rings. The van der Waals surface area contributed by atoms with Crippen molar-refractivity contribution in [2.24, 2.45) is 0 Å². The van der Waals surface area contributed by atoms with Crippen LogP contribution in [0.3, 0.4) is 0 Å². The van der Waals surface area contributed by atoms with E-state index in [9.17, 15) is 14.7 Å². The van der Waals surface area contributed by atoms with Crippen molar-refractivity contribution in [3.05, 3.63) is 63.4 Å². The molecular weight excluding hydrogens is 388 g/mol. The lowest BCUT2D eigenvalue weighted by molar-refractivity contribution is -0.907. The van der Waals surface area contributed by atoms with Crippen LogP contribution < -0.4 is 4.90 Å². The minimum Gasteiger partial charge on any atom is -0.507 e. The van der Waals surface area contributed by atoms with Gasteiger partial charge in [-0.15, -0.1) is 11.3 Å². The summed E-state index contributed by atoms with van der Waals surface area (Å²) in [6, 6.07) is 10.6. The summed E-state index contributed by atoms with van der Waals surface area (Å²) in [5, 5.41) is 12.9. The molecule has 0 saturated carbocycles. The Morgan fingerprint density at radius 3 is 2.59 bits per heavy atom. The molecule has 152 valence electrons. The molecule has 0 aliphatic carbocycles. The van der Waals surface area contributed by atoms with Gasteiger partial charge in [-0.3, -0.25) is 9.59 Å². The number of Topliss-reactive ketones (excluding diaryl/α,β-unsaturated/α-hetero) is 1. The van der Waals surface area contributed by atoms with Crippen LogP contribution in [0.2, 0.25) is 0 Å². The van der Waals surface area contributed by atoms with E-state index in [0.29, 0.717) is 12.1 Å². The summed E-state index contributed by atoms with van der Waals surface area (Å²) in [6.07, 6.45) is 0. The van der Waals surface area contributed by atoms with Crippen LogP contribution in [0.5, 0.6) is 0 Å². The average molecular weight is 414 g/mol. The summed E-state index contributed by atoms with van der Waals surface area (Å²) in [6.45, 7) is 6.41. The largest absolute Gasteiger partial charge is 0.507 e. The predicted molar refractivity (Wildman–Crippen MR) is 111 cm³/mol. The van der Waals surface area contributed by atoms with Gasteiger partial charge in [-0.1, -0.05) is 35.9 Å². The van der Waals surface area contributed by atoms with Crippen LogP contribution in [0.25, 0.3) is 5.76 Å². The number of hydrogen-bond acceptors (Lipinski definition) is 5. The summed E-state index contributed by atoms with van der Waals surface area (Å²) in [7, 11) is 0. The number of aliphatic hydroxyl groups excluding tert-OH is 1. The number of rotatable bonds is 5. The molecule has 4 rings (SSSR count). The number of ketones is 1. The molecule has 2 saturated heterocycles. The number of hydrogen-bond donors (Lipinski definition) is 2. The highest BCUT2D eigenvalue weighted by atomic mass is 32.1. The van der Waals surface area contributed by atoms with Crippen LogP contribution in [0.1, 0.15) is 22.0 Å². The number of quaternary nitrogens is 1. The Morgan fingerprint density at radius 2 is 1.93 bits per heavy atom. The first-order valence-electron chi connectivity index (χ1n) is 9.86. The number of aliphatic hydroxyl groups is 1. The summed E-state index contributed by atoms with van der Waals surface area (Å²) < 4.78 is 5.40. The molecule has 3 heterocycles. The number of morpholine rings is 1. The number of carbonyl (C=O) groups excluding carboxylic acids is 2. The first kappa shape index (κ1) is 19.8. The molecule has 7 heteroatoms. The van der Waals surface area contributed by atoms with Gasteiger partial charge >= 0.3 is 0 Å². The molecule has 6 nitrogen and oxygen atoms in total. The highest BCUT2D eigenvalue weighted by molar-refractivity contribution is 7.10. The number of carbonyl (C=O) groups is 2. The second-order valence-corrected chi connectivity index (χ2v) is 8.47. The van der Waals surface area contributed by atoms with Gasteiger partial charge in [0.15, 0.2) is 0 Å². The third-order valence-corrected chi connectivity index (χ3v) is 6.51. The van der Waals surface area contributed by atoms with E-state index in [1.807, 2.05) is 36.6 Å². The van der Waals surface area contributed by atoms with E-state index in [4.69, 9.17) is 4.74 Å². The van der Waals surface area contributed by atoms with Gasteiger partial charge in [0.2, 0.25) is 0 Å². The van der Waals surface area contributed by atoms with Gasteiger partial charge in [0.05, 0.1) is 37.9 Å². The standard InChI is InChI=1S/C22H24N2O4S/c1-15-4-6-16(7-5-15)20(25)18-19(17-3-2-14-29-17)24(22(27)21(18)26)9-8-23-10-12-28-13-11-23/h2-7,14,19,25H,8-13H2,1H3/p+1/t19-/m0/s1. The molecule has 0 spiro atoms. The molecule has 2 N–H and O–H groups in total. The van der Waals surface area contributed by atoms with Gasteiger partial charge in [0, 0.05) is 10.4 Å². The first-order chi connectivity index (χ1) is 14.1. The Labute approximate surface area is 174 Å². The number of nitrogens with zero attached hydrogens (tertiary/aromatic N) is 1. The van der Waals surface area contributed by atoms with Crippen molar-refractivity contribution < 1.29 is 24.3 Å². The van der Waals surface area contributed by atoms with Gasteiger partial charge in [-0.25, -0.2) is 0 Å². The second-order valence-electron chi connectivity index (χ2n) is 7.49. The average Bonchev–Trinajstić information content (AvgIpc) is 3.35. The van der Waals surface area contributed by atoms with Crippen LogP contribution >= 0.6 is 11.3 Å². The van der Waals surface area contributed by atoms with Gasteiger partial charge < -0.3 is 19.6 Å². The Hall–Kier alpha value is -2.48. The van der Waals surface area contributed by atoms with Gasteiger partial charge in [-0.2, -0.15) is 0 Å². The normalized spacial score (nSPS) is 22.4. The van der Waals surface area contributed by atoms with Crippen molar-refractivity contribution in [3.8, 4) is 0 Å². The Balaban J connectivity index is 1.68. The third kappa shape index (κ3) is 3.99. The van der Waals surface area contributed by atoms with Crippen LogP contribution in [-0.4, -0.2) is 61.1 Å². The molecule has 1 atom stereocenters. The first-order valence-corrected chi connectivity index (χ1v) is 10.7. The van der Waals surface area contributed by atoms with Gasteiger partial charge in [0.25, 0.3) is 11.7 Å². The maximum atomic E-state index is 12.9. The minimum atomic E-state index is -0.613. The zero-order valence-corrected chi connectivity index (χ0v) is 17.2. The fourth-order valence-electron chi connectivity index (χ4n) is 3.91. The molecule has 29 heavy (non-hydrogen) atoms. The number of amides is 1. The van der Waals surface area contributed by atoms with E-state index in [1.54, 1.807) is 17.0 Å². The lowest BCUT2D eigenvalue weighted by atomic mass is 9.99. The topological polar surface area (TPSA) is 71.3 Å². The quantitative estimate of drug-likeness (QED) is 0.442. The monoisotopic (exact) mass is 413 g/mol. The van der Waals surface area contributed by atoms with E-state index in [0.717, 1.165) is 43.3 Å². The van der Waals surface area contributed by atoms with Gasteiger partial charge in [-0.05, 0) is 18.4 Å². The van der Waals surface area contributed by atoms with E-state index in [1.165, 1.54) is 16.2 Å². The maximum Gasteiger partial charge on any atom is 0.295 e. The fourth-order valence-corrected chi connectivity index (χ4v) is 4.75. The van der Waals surface area contributed by atoms with Crippen molar-refractivity contribution in [1.29, 1.82) is 0 Å². The number of thiophene rings is 1. The SMILES string of the molecule is Cc1ccc(C(O)=C2C(=O)C(=O)N(CC[NH+]3CCOCC3)[C@H]2c2cccs2)cc1. The molecule has 2 aliphatic rings. The number of nitrogens with one attached hydrogen (secondary N) is 1. The molecule has 1 aromatic heterocycles. The second kappa shape index (κ2) is 8.49. The summed E-state index contributed by atoms with van der Waals surface area (Å²) in [5.74, 6) is -1.26. The van der Waals surface area contributed by atoms with Crippen molar-refractivity contribution in [1.82, 2.24) is 4.90 Å².